The van der Waals surface area contributed by atoms with E-state index in [0.29, 0.717) is 0 Å². The van der Waals surface area contributed by atoms with Gasteiger partial charge in [-0.3, -0.25) is 4.98 Å². The SMILES string of the molecule is CC(C#N)CN(C)Cc1ccc2ncccc2c1. The Kier molecular flexibility index (Phi) is 3.91. The summed E-state index contributed by atoms with van der Waals surface area (Å²) in [6.45, 7) is 3.60. The highest BCUT2D eigenvalue weighted by molar-refractivity contribution is 5.78. The number of nitrogens with zero attached hydrogens (tertiary/aromatic N) is 3. The number of pyridine rings is 1. The number of nitriles is 1. The average molecular weight is 239 g/mol. The molecule has 1 unspecified atom stereocenters. The van der Waals surface area contributed by atoms with E-state index in [1.165, 1.54) is 5.56 Å². The number of hydrogen-bond donors (Lipinski definition) is 0. The number of benzene rings is 1. The smallest absolute Gasteiger partial charge is 0.0702 e. The Morgan fingerprint density at radius 2 is 2.22 bits per heavy atom. The van der Waals surface area contributed by atoms with Crippen LogP contribution in [-0.2, 0) is 6.54 Å². The van der Waals surface area contributed by atoms with E-state index in [0.717, 1.165) is 24.0 Å². The maximum atomic E-state index is 8.81. The molecule has 0 saturated carbocycles. The Balaban J connectivity index is 2.10. The van der Waals surface area contributed by atoms with E-state index in [1.54, 1.807) is 0 Å². The molecule has 0 bridgehead atoms. The molecule has 0 fully saturated rings. The molecule has 2 aromatic rings. The third kappa shape index (κ3) is 3.06. The van der Waals surface area contributed by atoms with E-state index in [4.69, 9.17) is 5.26 Å². The van der Waals surface area contributed by atoms with E-state index in [1.807, 2.05) is 32.3 Å². The van der Waals surface area contributed by atoms with Gasteiger partial charge in [0.1, 0.15) is 0 Å². The predicted molar refractivity (Wildman–Crippen MR) is 72.9 cm³/mol. The number of hydrogen-bond acceptors (Lipinski definition) is 3. The fourth-order valence-corrected chi connectivity index (χ4v) is 2.11. The Morgan fingerprint density at radius 3 is 3.00 bits per heavy atom. The summed E-state index contributed by atoms with van der Waals surface area (Å²) in [4.78, 5) is 6.48. The molecular weight excluding hydrogens is 222 g/mol. The van der Waals surface area contributed by atoms with E-state index in [2.05, 4.69) is 34.2 Å². The van der Waals surface area contributed by atoms with Crippen molar-refractivity contribution in [3.63, 3.8) is 0 Å². The normalized spacial score (nSPS) is 12.6. The summed E-state index contributed by atoms with van der Waals surface area (Å²) in [5.41, 5.74) is 2.28. The standard InChI is InChI=1S/C15H17N3/c1-12(9-16)10-18(2)11-13-5-6-15-14(8-13)4-3-7-17-15/h3-8,12H,10-11H2,1-2H3. The predicted octanol–water partition coefficient (Wildman–Crippen LogP) is 2.83. The topological polar surface area (TPSA) is 39.9 Å². The van der Waals surface area contributed by atoms with Crippen molar-refractivity contribution in [2.45, 2.75) is 13.5 Å². The van der Waals surface area contributed by atoms with Crippen molar-refractivity contribution >= 4 is 10.9 Å². The number of fused-ring (bicyclic) bond motifs is 1. The molecule has 0 radical (unpaired) electrons. The summed E-state index contributed by atoms with van der Waals surface area (Å²) in [6.07, 6.45) is 1.81. The van der Waals surface area contributed by atoms with Crippen LogP contribution in [0.1, 0.15) is 12.5 Å². The maximum absolute atomic E-state index is 8.81. The molecule has 3 heteroatoms. The van der Waals surface area contributed by atoms with Crippen molar-refractivity contribution in [3.05, 3.63) is 42.1 Å². The van der Waals surface area contributed by atoms with Crippen LogP contribution in [0.5, 0.6) is 0 Å². The summed E-state index contributed by atoms with van der Waals surface area (Å²) in [6, 6.07) is 12.6. The summed E-state index contributed by atoms with van der Waals surface area (Å²) in [7, 11) is 2.04. The van der Waals surface area contributed by atoms with Crippen molar-refractivity contribution in [3.8, 4) is 6.07 Å². The molecule has 0 amide bonds. The van der Waals surface area contributed by atoms with Crippen LogP contribution >= 0.6 is 0 Å². The van der Waals surface area contributed by atoms with Gasteiger partial charge in [-0.2, -0.15) is 5.26 Å². The largest absolute Gasteiger partial charge is 0.301 e. The second kappa shape index (κ2) is 5.61. The minimum atomic E-state index is 0.0668. The zero-order valence-corrected chi connectivity index (χ0v) is 10.8. The highest BCUT2D eigenvalue weighted by atomic mass is 15.1. The van der Waals surface area contributed by atoms with E-state index < -0.39 is 0 Å². The molecule has 2 rings (SSSR count). The van der Waals surface area contributed by atoms with Crippen molar-refractivity contribution in [2.75, 3.05) is 13.6 Å². The van der Waals surface area contributed by atoms with E-state index in [-0.39, 0.29) is 5.92 Å². The van der Waals surface area contributed by atoms with Crippen LogP contribution in [0.25, 0.3) is 10.9 Å². The van der Waals surface area contributed by atoms with Gasteiger partial charge in [-0.25, -0.2) is 0 Å². The van der Waals surface area contributed by atoms with Crippen LogP contribution in [0.4, 0.5) is 0 Å². The lowest BCUT2D eigenvalue weighted by molar-refractivity contribution is 0.303. The van der Waals surface area contributed by atoms with Crippen LogP contribution in [0.2, 0.25) is 0 Å². The van der Waals surface area contributed by atoms with Gasteiger partial charge in [-0.15, -0.1) is 0 Å². The van der Waals surface area contributed by atoms with Crippen molar-refractivity contribution in [1.82, 2.24) is 9.88 Å². The monoisotopic (exact) mass is 239 g/mol. The minimum absolute atomic E-state index is 0.0668. The number of rotatable bonds is 4. The van der Waals surface area contributed by atoms with Crippen LogP contribution in [-0.4, -0.2) is 23.5 Å². The average Bonchev–Trinajstić information content (AvgIpc) is 2.38. The molecule has 0 saturated heterocycles. The molecular formula is C15H17N3. The zero-order chi connectivity index (χ0) is 13.0. The lowest BCUT2D eigenvalue weighted by atomic mass is 10.1. The van der Waals surface area contributed by atoms with Gasteiger partial charge in [0, 0.05) is 24.7 Å². The molecule has 92 valence electrons. The van der Waals surface area contributed by atoms with Crippen molar-refractivity contribution in [2.24, 2.45) is 5.92 Å². The molecule has 0 aliphatic heterocycles. The molecule has 1 atom stereocenters. The highest BCUT2D eigenvalue weighted by Gasteiger charge is 2.06. The first-order valence-corrected chi connectivity index (χ1v) is 6.11. The third-order valence-electron chi connectivity index (χ3n) is 2.93. The van der Waals surface area contributed by atoms with Gasteiger partial charge in [0.2, 0.25) is 0 Å². The van der Waals surface area contributed by atoms with Crippen molar-refractivity contribution in [1.29, 1.82) is 5.26 Å². The number of aromatic nitrogens is 1. The second-order valence-corrected chi connectivity index (χ2v) is 4.76. The highest BCUT2D eigenvalue weighted by Crippen LogP contribution is 2.14. The molecule has 0 spiro atoms. The first-order chi connectivity index (χ1) is 8.69. The van der Waals surface area contributed by atoms with Crippen LogP contribution in [0, 0.1) is 17.2 Å². The lowest BCUT2D eigenvalue weighted by Crippen LogP contribution is -2.23. The molecule has 3 nitrogen and oxygen atoms in total. The van der Waals surface area contributed by atoms with Gasteiger partial charge in [0.15, 0.2) is 0 Å². The Bertz CT molecular complexity index is 571. The van der Waals surface area contributed by atoms with Gasteiger partial charge in [0.25, 0.3) is 0 Å². The fraction of sp³-hybridized carbons (Fsp3) is 0.333. The van der Waals surface area contributed by atoms with E-state index >= 15 is 0 Å². The van der Waals surface area contributed by atoms with E-state index in [9.17, 15) is 0 Å². The second-order valence-electron chi connectivity index (χ2n) is 4.76. The van der Waals surface area contributed by atoms with Gasteiger partial charge >= 0.3 is 0 Å². The van der Waals surface area contributed by atoms with Gasteiger partial charge < -0.3 is 4.90 Å². The van der Waals surface area contributed by atoms with Gasteiger partial charge in [-0.05, 0) is 37.7 Å². The van der Waals surface area contributed by atoms with Gasteiger partial charge in [-0.1, -0.05) is 12.1 Å². The molecule has 0 aliphatic rings. The summed E-state index contributed by atoms with van der Waals surface area (Å²) in [5, 5.41) is 9.97. The zero-order valence-electron chi connectivity index (χ0n) is 10.8. The quantitative estimate of drug-likeness (QED) is 0.823. The van der Waals surface area contributed by atoms with Crippen molar-refractivity contribution < 1.29 is 0 Å². The molecule has 1 heterocycles. The molecule has 18 heavy (non-hydrogen) atoms. The Hall–Kier alpha value is -1.92. The molecule has 1 aromatic heterocycles. The minimum Gasteiger partial charge on any atom is -0.301 e. The summed E-state index contributed by atoms with van der Waals surface area (Å²) < 4.78 is 0. The Morgan fingerprint density at radius 1 is 1.39 bits per heavy atom. The maximum Gasteiger partial charge on any atom is 0.0702 e. The lowest BCUT2D eigenvalue weighted by Gasteiger charge is -2.17. The van der Waals surface area contributed by atoms with Crippen LogP contribution in [0.15, 0.2) is 36.5 Å². The molecule has 1 aromatic carbocycles. The van der Waals surface area contributed by atoms with Crippen LogP contribution in [0.3, 0.4) is 0 Å². The molecule has 0 aliphatic carbocycles. The molecule has 0 N–H and O–H groups in total. The summed E-state index contributed by atoms with van der Waals surface area (Å²) in [5.74, 6) is 0.0668. The fourth-order valence-electron chi connectivity index (χ4n) is 2.11. The summed E-state index contributed by atoms with van der Waals surface area (Å²) >= 11 is 0. The Labute approximate surface area is 108 Å². The first kappa shape index (κ1) is 12.5. The van der Waals surface area contributed by atoms with Gasteiger partial charge in [0.05, 0.1) is 17.5 Å². The van der Waals surface area contributed by atoms with Crippen LogP contribution < -0.4 is 0 Å². The first-order valence-electron chi connectivity index (χ1n) is 6.11. The third-order valence-corrected chi connectivity index (χ3v) is 2.93.